The van der Waals surface area contributed by atoms with E-state index in [0.29, 0.717) is 17.3 Å². The fourth-order valence-electron chi connectivity index (χ4n) is 2.64. The van der Waals surface area contributed by atoms with Crippen molar-refractivity contribution >= 4 is 11.7 Å². The molecule has 22 heavy (non-hydrogen) atoms. The van der Waals surface area contributed by atoms with Crippen LogP contribution in [0, 0.1) is 0 Å². The largest absolute Gasteiger partial charge is 0.364 e. The number of aromatic nitrogens is 3. The van der Waals surface area contributed by atoms with Gasteiger partial charge in [0, 0.05) is 30.9 Å². The lowest BCUT2D eigenvalue weighted by molar-refractivity contribution is 0.0995. The van der Waals surface area contributed by atoms with Gasteiger partial charge in [-0.05, 0) is 31.7 Å². The zero-order valence-electron chi connectivity index (χ0n) is 12.4. The molecule has 3 N–H and O–H groups in total. The van der Waals surface area contributed by atoms with Crippen LogP contribution in [0.15, 0.2) is 30.5 Å². The first-order chi connectivity index (χ1) is 10.7. The van der Waals surface area contributed by atoms with E-state index in [9.17, 15) is 4.79 Å². The molecule has 7 nitrogen and oxygen atoms in total. The molecule has 1 aliphatic rings. The quantitative estimate of drug-likeness (QED) is 0.850. The van der Waals surface area contributed by atoms with Crippen molar-refractivity contribution in [1.29, 1.82) is 0 Å². The van der Waals surface area contributed by atoms with Crippen LogP contribution in [0.5, 0.6) is 0 Å². The molecule has 2 aromatic rings. The number of nitrogens with one attached hydrogen (secondary N) is 1. The third-order valence-corrected chi connectivity index (χ3v) is 3.88. The van der Waals surface area contributed by atoms with Crippen molar-refractivity contribution in [2.75, 3.05) is 25.0 Å². The lowest BCUT2D eigenvalue weighted by atomic mass is 10.1. The van der Waals surface area contributed by atoms with Gasteiger partial charge < -0.3 is 16.0 Å². The van der Waals surface area contributed by atoms with Gasteiger partial charge in [-0.25, -0.2) is 0 Å². The van der Waals surface area contributed by atoms with Crippen LogP contribution in [0.2, 0.25) is 0 Å². The van der Waals surface area contributed by atoms with Crippen molar-refractivity contribution in [2.45, 2.75) is 12.5 Å². The summed E-state index contributed by atoms with van der Waals surface area (Å²) in [4.78, 5) is 18.0. The van der Waals surface area contributed by atoms with Gasteiger partial charge in [-0.2, -0.15) is 0 Å². The van der Waals surface area contributed by atoms with E-state index in [1.165, 1.54) is 0 Å². The highest BCUT2D eigenvalue weighted by molar-refractivity contribution is 5.97. The van der Waals surface area contributed by atoms with Gasteiger partial charge in [-0.15, -0.1) is 10.2 Å². The number of rotatable bonds is 4. The van der Waals surface area contributed by atoms with Crippen LogP contribution in [-0.2, 0) is 0 Å². The van der Waals surface area contributed by atoms with Gasteiger partial charge >= 0.3 is 0 Å². The molecule has 0 spiro atoms. The van der Waals surface area contributed by atoms with Crippen molar-refractivity contribution in [1.82, 2.24) is 20.5 Å². The summed E-state index contributed by atoms with van der Waals surface area (Å²) < 4.78 is 0. The van der Waals surface area contributed by atoms with E-state index in [-0.39, 0.29) is 5.69 Å². The number of hydrogen-bond acceptors (Lipinski definition) is 6. The highest BCUT2D eigenvalue weighted by Gasteiger charge is 2.24. The normalized spacial score (nSPS) is 17.7. The molecule has 0 aliphatic carbocycles. The molecule has 2 aromatic heterocycles. The van der Waals surface area contributed by atoms with E-state index in [1.54, 1.807) is 6.20 Å². The second-order valence-corrected chi connectivity index (χ2v) is 5.26. The Bertz CT molecular complexity index is 675. The molecule has 0 aromatic carbocycles. The molecule has 1 aliphatic heterocycles. The van der Waals surface area contributed by atoms with Crippen LogP contribution in [0.25, 0.3) is 11.3 Å². The van der Waals surface area contributed by atoms with Crippen LogP contribution in [-0.4, -0.2) is 47.3 Å². The summed E-state index contributed by atoms with van der Waals surface area (Å²) >= 11 is 0. The summed E-state index contributed by atoms with van der Waals surface area (Å²) in [5.41, 5.74) is 6.83. The Kier molecular flexibility index (Phi) is 3.97. The van der Waals surface area contributed by atoms with Crippen LogP contribution in [0.4, 0.5) is 5.82 Å². The predicted molar refractivity (Wildman–Crippen MR) is 83.5 cm³/mol. The van der Waals surface area contributed by atoms with E-state index in [1.807, 2.05) is 31.3 Å². The SMILES string of the molecule is CNC1CCN(c2cc(-c3ccccn3)c(C(N)=O)nn2)C1. The number of carbonyl (C=O) groups excluding carboxylic acids is 1. The molecular formula is C15H18N6O. The first kappa shape index (κ1) is 14.4. The maximum Gasteiger partial charge on any atom is 0.269 e. The molecule has 1 atom stereocenters. The third-order valence-electron chi connectivity index (χ3n) is 3.88. The summed E-state index contributed by atoms with van der Waals surface area (Å²) in [5, 5.41) is 11.4. The number of nitrogens with zero attached hydrogens (tertiary/aromatic N) is 4. The van der Waals surface area contributed by atoms with E-state index in [2.05, 4.69) is 25.4 Å². The smallest absolute Gasteiger partial charge is 0.269 e. The van der Waals surface area contributed by atoms with Crippen molar-refractivity contribution < 1.29 is 4.79 Å². The zero-order chi connectivity index (χ0) is 15.5. The van der Waals surface area contributed by atoms with Crippen molar-refractivity contribution in [3.63, 3.8) is 0 Å². The topological polar surface area (TPSA) is 97.0 Å². The van der Waals surface area contributed by atoms with Gasteiger partial charge in [0.25, 0.3) is 5.91 Å². The monoisotopic (exact) mass is 298 g/mol. The van der Waals surface area contributed by atoms with Crippen LogP contribution in [0.3, 0.4) is 0 Å². The van der Waals surface area contributed by atoms with Crippen LogP contribution in [0.1, 0.15) is 16.9 Å². The van der Waals surface area contributed by atoms with Gasteiger partial charge in [0.15, 0.2) is 11.5 Å². The summed E-state index contributed by atoms with van der Waals surface area (Å²) in [6, 6.07) is 7.79. The van der Waals surface area contributed by atoms with Gasteiger partial charge in [0.2, 0.25) is 0 Å². The molecular weight excluding hydrogens is 280 g/mol. The van der Waals surface area contributed by atoms with Crippen molar-refractivity contribution in [3.05, 3.63) is 36.2 Å². The molecule has 3 heterocycles. The summed E-state index contributed by atoms with van der Waals surface area (Å²) in [5.74, 6) is 0.137. The maximum absolute atomic E-state index is 11.6. The van der Waals surface area contributed by atoms with Crippen LogP contribution < -0.4 is 16.0 Å². The standard InChI is InChI=1S/C15H18N6O/c1-17-10-5-7-21(9-10)13-8-11(12-4-2-3-6-18-12)14(15(16)22)20-19-13/h2-4,6,8,10,17H,5,7,9H2,1H3,(H2,16,22). The molecule has 1 amide bonds. The molecule has 0 radical (unpaired) electrons. The Labute approximate surface area is 128 Å². The number of pyridine rings is 1. The van der Waals surface area contributed by atoms with E-state index in [4.69, 9.17) is 5.73 Å². The number of carbonyl (C=O) groups is 1. The zero-order valence-corrected chi connectivity index (χ0v) is 12.4. The average molecular weight is 298 g/mol. The summed E-state index contributed by atoms with van der Waals surface area (Å²) in [6.45, 7) is 1.76. The number of likely N-dealkylation sites (N-methyl/N-ethyl adjacent to an activating group) is 1. The molecule has 1 fully saturated rings. The average Bonchev–Trinajstić information content (AvgIpc) is 3.04. The fourth-order valence-corrected chi connectivity index (χ4v) is 2.64. The molecule has 1 unspecified atom stereocenters. The Morgan fingerprint density at radius 2 is 2.27 bits per heavy atom. The Hall–Kier alpha value is -2.54. The first-order valence-electron chi connectivity index (χ1n) is 7.20. The highest BCUT2D eigenvalue weighted by Crippen LogP contribution is 2.25. The van der Waals surface area contributed by atoms with Gasteiger partial charge in [0.05, 0.1) is 5.69 Å². The Morgan fingerprint density at radius 3 is 2.91 bits per heavy atom. The van der Waals surface area contributed by atoms with E-state index < -0.39 is 5.91 Å². The minimum atomic E-state index is -0.603. The van der Waals surface area contributed by atoms with Crippen molar-refractivity contribution in [3.8, 4) is 11.3 Å². The number of primary amides is 1. The Balaban J connectivity index is 2.00. The van der Waals surface area contributed by atoms with Crippen LogP contribution >= 0.6 is 0 Å². The number of nitrogens with two attached hydrogens (primary N) is 1. The molecule has 114 valence electrons. The molecule has 3 rings (SSSR count). The number of amides is 1. The Morgan fingerprint density at radius 1 is 1.41 bits per heavy atom. The van der Waals surface area contributed by atoms with E-state index in [0.717, 1.165) is 25.3 Å². The predicted octanol–water partition coefficient (Wildman–Crippen LogP) is 0.436. The molecule has 1 saturated heterocycles. The van der Waals surface area contributed by atoms with Gasteiger partial charge in [-0.3, -0.25) is 9.78 Å². The maximum atomic E-state index is 11.6. The minimum absolute atomic E-state index is 0.145. The second-order valence-electron chi connectivity index (χ2n) is 5.26. The van der Waals surface area contributed by atoms with Gasteiger partial charge in [0.1, 0.15) is 0 Å². The second kappa shape index (κ2) is 6.07. The van der Waals surface area contributed by atoms with Gasteiger partial charge in [-0.1, -0.05) is 6.07 Å². The lowest BCUT2D eigenvalue weighted by Gasteiger charge is -2.18. The molecule has 0 bridgehead atoms. The van der Waals surface area contributed by atoms with Crippen molar-refractivity contribution in [2.24, 2.45) is 5.73 Å². The lowest BCUT2D eigenvalue weighted by Crippen LogP contribution is -2.30. The third kappa shape index (κ3) is 2.75. The summed E-state index contributed by atoms with van der Waals surface area (Å²) in [6.07, 6.45) is 2.72. The van der Waals surface area contributed by atoms with E-state index >= 15 is 0 Å². The fraction of sp³-hybridized carbons (Fsp3) is 0.333. The minimum Gasteiger partial charge on any atom is -0.364 e. The summed E-state index contributed by atoms with van der Waals surface area (Å²) in [7, 11) is 1.95. The number of anilines is 1. The molecule has 7 heteroatoms. The molecule has 0 saturated carbocycles. The highest BCUT2D eigenvalue weighted by atomic mass is 16.1. The first-order valence-corrected chi connectivity index (χ1v) is 7.20. The number of hydrogen-bond donors (Lipinski definition) is 2.